The number of furan rings is 1. The Balaban J connectivity index is 1.78. The minimum Gasteiger partial charge on any atom is -0.467 e. The topological polar surface area (TPSA) is 57.5 Å². The Kier molecular flexibility index (Phi) is 4.38. The molecule has 5 nitrogen and oxygen atoms in total. The second-order valence-electron chi connectivity index (χ2n) is 4.74. The number of hydrogen-bond donors (Lipinski definition) is 2. The van der Waals surface area contributed by atoms with Gasteiger partial charge in [0, 0.05) is 19.1 Å². The van der Waals surface area contributed by atoms with Crippen molar-refractivity contribution in [2.24, 2.45) is 0 Å². The average Bonchev–Trinajstić information content (AvgIpc) is 3.05. The lowest BCUT2D eigenvalue weighted by atomic mass is 10.2. The molecule has 0 bridgehead atoms. The number of hydrogen-bond acceptors (Lipinski definition) is 4. The summed E-state index contributed by atoms with van der Waals surface area (Å²) >= 11 is 0. The van der Waals surface area contributed by atoms with Crippen LogP contribution in [-0.2, 0) is 11.3 Å². The predicted octanol–water partition coefficient (Wildman–Crippen LogP) is 0.578. The molecule has 0 radical (unpaired) electrons. The average molecular weight is 251 g/mol. The smallest absolute Gasteiger partial charge is 0.237 e. The molecule has 2 heterocycles. The predicted molar refractivity (Wildman–Crippen MR) is 69.1 cm³/mol. The minimum absolute atomic E-state index is 0.0585. The van der Waals surface area contributed by atoms with E-state index in [9.17, 15) is 4.79 Å². The maximum absolute atomic E-state index is 12.0. The van der Waals surface area contributed by atoms with Crippen molar-refractivity contribution in [3.8, 4) is 0 Å². The van der Waals surface area contributed by atoms with E-state index in [-0.39, 0.29) is 11.9 Å². The zero-order valence-corrected chi connectivity index (χ0v) is 11.0. The molecule has 1 aliphatic heterocycles. The molecule has 100 valence electrons. The fraction of sp³-hybridized carbons (Fsp3) is 0.615. The van der Waals surface area contributed by atoms with Gasteiger partial charge in [-0.3, -0.25) is 9.69 Å². The fourth-order valence-electron chi connectivity index (χ4n) is 2.28. The first-order valence-corrected chi connectivity index (χ1v) is 6.42. The zero-order valence-electron chi connectivity index (χ0n) is 11.0. The standard InChI is InChI=1S/C13H21N3O2/c1-10(16-6-5-11(9-16)14-2)13(17)15-8-12-4-3-7-18-12/h3-4,7,10-11,14H,5-6,8-9H2,1-2H3,(H,15,17). The van der Waals surface area contributed by atoms with Crippen LogP contribution in [0.4, 0.5) is 0 Å². The molecule has 0 aromatic carbocycles. The van der Waals surface area contributed by atoms with Crippen LogP contribution in [0.3, 0.4) is 0 Å². The van der Waals surface area contributed by atoms with Crippen LogP contribution in [0.15, 0.2) is 22.8 Å². The maximum atomic E-state index is 12.0. The second kappa shape index (κ2) is 6.02. The Hall–Kier alpha value is -1.33. The van der Waals surface area contributed by atoms with Crippen molar-refractivity contribution < 1.29 is 9.21 Å². The molecule has 1 aliphatic rings. The van der Waals surface area contributed by atoms with E-state index in [2.05, 4.69) is 15.5 Å². The van der Waals surface area contributed by atoms with Gasteiger partial charge in [-0.25, -0.2) is 0 Å². The monoisotopic (exact) mass is 251 g/mol. The molecule has 1 amide bonds. The SMILES string of the molecule is CNC1CCN(C(C)C(=O)NCc2ccco2)C1. The van der Waals surface area contributed by atoms with Crippen molar-refractivity contribution in [3.63, 3.8) is 0 Å². The van der Waals surface area contributed by atoms with Gasteiger partial charge >= 0.3 is 0 Å². The van der Waals surface area contributed by atoms with E-state index >= 15 is 0 Å². The van der Waals surface area contributed by atoms with Crippen molar-refractivity contribution >= 4 is 5.91 Å². The lowest BCUT2D eigenvalue weighted by Gasteiger charge is -2.23. The van der Waals surface area contributed by atoms with Gasteiger partial charge < -0.3 is 15.1 Å². The van der Waals surface area contributed by atoms with Crippen molar-refractivity contribution in [1.29, 1.82) is 0 Å². The molecule has 1 aromatic rings. The summed E-state index contributed by atoms with van der Waals surface area (Å²) in [5.74, 6) is 0.841. The molecule has 1 fully saturated rings. The lowest BCUT2D eigenvalue weighted by Crippen LogP contribution is -2.44. The van der Waals surface area contributed by atoms with Crippen LogP contribution < -0.4 is 10.6 Å². The molecular weight excluding hydrogens is 230 g/mol. The highest BCUT2D eigenvalue weighted by atomic mass is 16.3. The van der Waals surface area contributed by atoms with E-state index in [1.807, 2.05) is 26.1 Å². The van der Waals surface area contributed by atoms with Gasteiger partial charge in [-0.2, -0.15) is 0 Å². The summed E-state index contributed by atoms with van der Waals surface area (Å²) in [7, 11) is 1.97. The van der Waals surface area contributed by atoms with Gasteiger partial charge in [0.1, 0.15) is 5.76 Å². The summed E-state index contributed by atoms with van der Waals surface area (Å²) in [5.41, 5.74) is 0. The molecular formula is C13H21N3O2. The van der Waals surface area contributed by atoms with Crippen LogP contribution in [0, 0.1) is 0 Å². The molecule has 0 aliphatic carbocycles. The van der Waals surface area contributed by atoms with Crippen molar-refractivity contribution in [3.05, 3.63) is 24.2 Å². The zero-order chi connectivity index (χ0) is 13.0. The fourth-order valence-corrected chi connectivity index (χ4v) is 2.28. The summed E-state index contributed by atoms with van der Waals surface area (Å²) < 4.78 is 5.19. The molecule has 1 aromatic heterocycles. The van der Waals surface area contributed by atoms with Crippen molar-refractivity contribution in [2.45, 2.75) is 32.0 Å². The number of likely N-dealkylation sites (N-methyl/N-ethyl adjacent to an activating group) is 1. The number of nitrogens with zero attached hydrogens (tertiary/aromatic N) is 1. The number of carbonyl (C=O) groups is 1. The van der Waals surface area contributed by atoms with Crippen LogP contribution in [0.1, 0.15) is 19.1 Å². The molecule has 0 spiro atoms. The lowest BCUT2D eigenvalue weighted by molar-refractivity contribution is -0.125. The number of likely N-dealkylation sites (tertiary alicyclic amines) is 1. The Labute approximate surface area is 108 Å². The first-order chi connectivity index (χ1) is 8.70. The summed E-state index contributed by atoms with van der Waals surface area (Å²) in [6.45, 7) is 4.32. The van der Waals surface area contributed by atoms with E-state index in [0.717, 1.165) is 25.3 Å². The molecule has 5 heteroatoms. The third-order valence-corrected chi connectivity index (χ3v) is 3.57. The second-order valence-corrected chi connectivity index (χ2v) is 4.74. The van der Waals surface area contributed by atoms with Crippen LogP contribution >= 0.6 is 0 Å². The Morgan fingerprint density at radius 3 is 3.11 bits per heavy atom. The molecule has 2 unspecified atom stereocenters. The summed E-state index contributed by atoms with van der Waals surface area (Å²) in [6.07, 6.45) is 2.72. The summed E-state index contributed by atoms with van der Waals surface area (Å²) in [4.78, 5) is 14.2. The minimum atomic E-state index is -0.0849. The molecule has 18 heavy (non-hydrogen) atoms. The Morgan fingerprint density at radius 1 is 1.67 bits per heavy atom. The Morgan fingerprint density at radius 2 is 2.50 bits per heavy atom. The van der Waals surface area contributed by atoms with Crippen LogP contribution in [0.2, 0.25) is 0 Å². The highest BCUT2D eigenvalue weighted by Crippen LogP contribution is 2.12. The van der Waals surface area contributed by atoms with E-state index in [0.29, 0.717) is 12.6 Å². The highest BCUT2D eigenvalue weighted by molar-refractivity contribution is 5.81. The largest absolute Gasteiger partial charge is 0.467 e. The molecule has 0 saturated carbocycles. The van der Waals surface area contributed by atoms with E-state index in [1.165, 1.54) is 0 Å². The third-order valence-electron chi connectivity index (χ3n) is 3.57. The van der Waals surface area contributed by atoms with Gasteiger partial charge in [0.25, 0.3) is 0 Å². The van der Waals surface area contributed by atoms with Gasteiger partial charge in [-0.1, -0.05) is 0 Å². The van der Waals surface area contributed by atoms with E-state index < -0.39 is 0 Å². The van der Waals surface area contributed by atoms with E-state index in [1.54, 1.807) is 6.26 Å². The molecule has 2 N–H and O–H groups in total. The van der Waals surface area contributed by atoms with Crippen LogP contribution in [0.25, 0.3) is 0 Å². The van der Waals surface area contributed by atoms with E-state index in [4.69, 9.17) is 4.42 Å². The highest BCUT2D eigenvalue weighted by Gasteiger charge is 2.28. The van der Waals surface area contributed by atoms with Crippen molar-refractivity contribution in [1.82, 2.24) is 15.5 Å². The van der Waals surface area contributed by atoms with Crippen molar-refractivity contribution in [2.75, 3.05) is 20.1 Å². The number of rotatable bonds is 5. The van der Waals surface area contributed by atoms with Gasteiger partial charge in [-0.05, 0) is 32.5 Å². The summed E-state index contributed by atoms with van der Waals surface area (Å²) in [6, 6.07) is 4.10. The van der Waals surface area contributed by atoms with Gasteiger partial charge in [0.15, 0.2) is 0 Å². The maximum Gasteiger partial charge on any atom is 0.237 e. The van der Waals surface area contributed by atoms with Crippen LogP contribution in [-0.4, -0.2) is 43.0 Å². The first kappa shape index (κ1) is 13.1. The van der Waals surface area contributed by atoms with Crippen LogP contribution in [0.5, 0.6) is 0 Å². The van der Waals surface area contributed by atoms with Gasteiger partial charge in [0.05, 0.1) is 18.8 Å². The number of amides is 1. The quantitative estimate of drug-likeness (QED) is 0.803. The first-order valence-electron chi connectivity index (χ1n) is 6.42. The van der Waals surface area contributed by atoms with Gasteiger partial charge in [-0.15, -0.1) is 0 Å². The third kappa shape index (κ3) is 3.11. The Bertz CT molecular complexity index is 378. The normalized spacial score (nSPS) is 22.0. The number of nitrogens with one attached hydrogen (secondary N) is 2. The molecule has 2 rings (SSSR count). The molecule has 2 atom stereocenters. The number of carbonyl (C=O) groups excluding carboxylic acids is 1. The molecule has 1 saturated heterocycles. The van der Waals surface area contributed by atoms with Gasteiger partial charge in [0.2, 0.25) is 5.91 Å². The summed E-state index contributed by atoms with van der Waals surface area (Å²) in [5, 5.41) is 6.15.